The summed E-state index contributed by atoms with van der Waals surface area (Å²) in [7, 11) is -3.57. The lowest BCUT2D eigenvalue weighted by molar-refractivity contribution is -0.120. The molecule has 1 N–H and O–H groups in total. The van der Waals surface area contributed by atoms with Gasteiger partial charge < -0.3 is 15.0 Å². The fraction of sp³-hybridized carbons (Fsp3) is 0.611. The molecule has 0 aromatic heterocycles. The van der Waals surface area contributed by atoms with Crippen LogP contribution in [-0.2, 0) is 19.6 Å². The second-order valence-electron chi connectivity index (χ2n) is 6.40. The monoisotopic (exact) mass is 383 g/mol. The molecule has 1 aromatic rings. The molecule has 146 valence electrons. The van der Waals surface area contributed by atoms with Crippen molar-refractivity contribution in [2.45, 2.75) is 32.8 Å². The predicted molar refractivity (Wildman–Crippen MR) is 104 cm³/mol. The highest BCUT2D eigenvalue weighted by molar-refractivity contribution is 7.92. The number of carbonyl (C=O) groups excluding carboxylic acids is 1. The highest BCUT2D eigenvalue weighted by Gasteiger charge is 2.22. The van der Waals surface area contributed by atoms with Crippen molar-refractivity contribution in [3.63, 3.8) is 0 Å². The number of anilines is 2. The highest BCUT2D eigenvalue weighted by Crippen LogP contribution is 2.22. The first-order valence-electron chi connectivity index (χ1n) is 9.06. The quantitative estimate of drug-likeness (QED) is 0.701. The van der Waals surface area contributed by atoms with Crippen LogP contribution in [0.2, 0.25) is 0 Å². The third kappa shape index (κ3) is 5.60. The zero-order valence-corrected chi connectivity index (χ0v) is 16.6. The molecule has 0 spiro atoms. The van der Waals surface area contributed by atoms with Crippen molar-refractivity contribution in [2.24, 2.45) is 0 Å². The second-order valence-corrected chi connectivity index (χ2v) is 8.30. The number of ether oxygens (including phenoxy) is 1. The lowest BCUT2D eigenvalue weighted by Gasteiger charge is -2.25. The first-order chi connectivity index (χ1) is 12.3. The maximum atomic E-state index is 12.2. The fourth-order valence-electron chi connectivity index (χ4n) is 3.04. The summed E-state index contributed by atoms with van der Waals surface area (Å²) in [5.41, 5.74) is 1.51. The third-order valence-electron chi connectivity index (χ3n) is 4.50. The molecule has 0 bridgehead atoms. The summed E-state index contributed by atoms with van der Waals surface area (Å²) in [6, 6.07) is 7.24. The van der Waals surface area contributed by atoms with Crippen LogP contribution in [0.5, 0.6) is 0 Å². The van der Waals surface area contributed by atoms with Crippen molar-refractivity contribution in [3.05, 3.63) is 24.3 Å². The Morgan fingerprint density at radius 1 is 1.19 bits per heavy atom. The van der Waals surface area contributed by atoms with E-state index in [0.717, 1.165) is 48.8 Å². The van der Waals surface area contributed by atoms with Crippen LogP contribution in [0.1, 0.15) is 26.7 Å². The van der Waals surface area contributed by atoms with Gasteiger partial charge in [-0.05, 0) is 51.0 Å². The summed E-state index contributed by atoms with van der Waals surface area (Å²) in [5, 5.41) is 2.77. The van der Waals surface area contributed by atoms with E-state index in [9.17, 15) is 13.2 Å². The minimum atomic E-state index is -3.57. The number of benzene rings is 1. The normalized spacial score (nSPS) is 17.1. The average molecular weight is 384 g/mol. The van der Waals surface area contributed by atoms with Gasteiger partial charge in [0.25, 0.3) is 0 Å². The Morgan fingerprint density at radius 3 is 2.31 bits per heavy atom. The first kappa shape index (κ1) is 20.5. The predicted octanol–water partition coefficient (Wildman–Crippen LogP) is 1.59. The van der Waals surface area contributed by atoms with Crippen LogP contribution in [0.15, 0.2) is 24.3 Å². The van der Waals surface area contributed by atoms with Gasteiger partial charge in [-0.1, -0.05) is 0 Å². The zero-order valence-electron chi connectivity index (χ0n) is 15.8. The van der Waals surface area contributed by atoms with Gasteiger partial charge in [0.1, 0.15) is 6.54 Å². The summed E-state index contributed by atoms with van der Waals surface area (Å²) in [6.45, 7) is 6.77. The summed E-state index contributed by atoms with van der Waals surface area (Å²) < 4.78 is 30.9. The Hall–Kier alpha value is -1.80. The van der Waals surface area contributed by atoms with Crippen LogP contribution in [0, 0.1) is 0 Å². The summed E-state index contributed by atoms with van der Waals surface area (Å²) in [4.78, 5) is 14.4. The molecule has 0 aliphatic carbocycles. The van der Waals surface area contributed by atoms with Gasteiger partial charge in [-0.2, -0.15) is 0 Å². The second kappa shape index (κ2) is 9.23. The van der Waals surface area contributed by atoms with Crippen molar-refractivity contribution >= 4 is 27.3 Å². The van der Waals surface area contributed by atoms with E-state index in [1.54, 1.807) is 12.1 Å². The Kier molecular flexibility index (Phi) is 7.28. The average Bonchev–Trinajstić information content (AvgIpc) is 3.12. The van der Waals surface area contributed by atoms with Crippen molar-refractivity contribution in [1.82, 2.24) is 5.32 Å². The maximum Gasteiger partial charge on any atom is 0.240 e. The highest BCUT2D eigenvalue weighted by atomic mass is 32.2. The molecule has 1 unspecified atom stereocenters. The van der Waals surface area contributed by atoms with Crippen molar-refractivity contribution < 1.29 is 17.9 Å². The topological polar surface area (TPSA) is 79.0 Å². The summed E-state index contributed by atoms with van der Waals surface area (Å²) in [6.07, 6.45) is 3.05. The van der Waals surface area contributed by atoms with Gasteiger partial charge in [-0.15, -0.1) is 0 Å². The maximum absolute atomic E-state index is 12.2. The Bertz CT molecular complexity index is 681. The molecule has 0 radical (unpaired) electrons. The van der Waals surface area contributed by atoms with Crippen molar-refractivity contribution in [1.29, 1.82) is 0 Å². The van der Waals surface area contributed by atoms with Gasteiger partial charge in [0.2, 0.25) is 15.9 Å². The van der Waals surface area contributed by atoms with Gasteiger partial charge in [0.05, 0.1) is 18.0 Å². The minimum absolute atomic E-state index is 0.0268. The molecule has 8 heteroatoms. The van der Waals surface area contributed by atoms with Crippen LogP contribution < -0.4 is 14.5 Å². The van der Waals surface area contributed by atoms with Gasteiger partial charge in [0, 0.05) is 31.9 Å². The van der Waals surface area contributed by atoms with E-state index < -0.39 is 10.0 Å². The molecule has 1 heterocycles. The van der Waals surface area contributed by atoms with Crippen molar-refractivity contribution in [3.8, 4) is 0 Å². The molecule has 26 heavy (non-hydrogen) atoms. The molecule has 1 atom stereocenters. The summed E-state index contributed by atoms with van der Waals surface area (Å²) >= 11 is 0. The third-order valence-corrected chi connectivity index (χ3v) is 5.65. The van der Waals surface area contributed by atoms with E-state index in [0.29, 0.717) is 12.2 Å². The molecule has 7 nitrogen and oxygen atoms in total. The Labute approximate surface area is 156 Å². The molecule has 1 amide bonds. The lowest BCUT2D eigenvalue weighted by atomic mass is 10.2. The lowest BCUT2D eigenvalue weighted by Crippen LogP contribution is -2.42. The Balaban J connectivity index is 2.05. The van der Waals surface area contributed by atoms with E-state index in [1.807, 2.05) is 12.1 Å². The van der Waals surface area contributed by atoms with E-state index in [2.05, 4.69) is 24.1 Å². The molecule has 1 aromatic carbocycles. The molecular formula is C18H29N3O4S. The number of hydrogen-bond acceptors (Lipinski definition) is 5. The van der Waals surface area contributed by atoms with E-state index in [1.165, 1.54) is 0 Å². The molecule has 0 saturated carbocycles. The van der Waals surface area contributed by atoms with Gasteiger partial charge in [-0.25, -0.2) is 8.42 Å². The largest absolute Gasteiger partial charge is 0.376 e. The van der Waals surface area contributed by atoms with Gasteiger partial charge in [-0.3, -0.25) is 9.10 Å². The standard InChI is InChI=1S/C18H29N3O4S/c1-4-20(5-2)15-8-10-16(11-9-15)21(26(3,23)24)14-18(22)19-13-17-7-6-12-25-17/h8-11,17H,4-7,12-14H2,1-3H3,(H,19,22). The van der Waals surface area contributed by atoms with Crippen LogP contribution in [0.4, 0.5) is 11.4 Å². The molecule has 2 rings (SSSR count). The van der Waals surface area contributed by atoms with E-state index in [-0.39, 0.29) is 18.6 Å². The van der Waals surface area contributed by atoms with Crippen LogP contribution >= 0.6 is 0 Å². The smallest absolute Gasteiger partial charge is 0.240 e. The number of carbonyl (C=O) groups is 1. The summed E-state index contributed by atoms with van der Waals surface area (Å²) in [5.74, 6) is -0.334. The van der Waals surface area contributed by atoms with Crippen LogP contribution in [0.3, 0.4) is 0 Å². The van der Waals surface area contributed by atoms with Crippen LogP contribution in [0.25, 0.3) is 0 Å². The number of amides is 1. The number of nitrogens with one attached hydrogen (secondary N) is 1. The van der Waals surface area contributed by atoms with Crippen LogP contribution in [-0.4, -0.2) is 59.5 Å². The number of rotatable bonds is 9. The molecule has 1 fully saturated rings. The number of sulfonamides is 1. The Morgan fingerprint density at radius 2 is 1.81 bits per heavy atom. The zero-order chi connectivity index (χ0) is 19.2. The van der Waals surface area contributed by atoms with E-state index in [4.69, 9.17) is 4.74 Å². The number of nitrogens with zero attached hydrogens (tertiary/aromatic N) is 2. The SMILES string of the molecule is CCN(CC)c1ccc(N(CC(=O)NCC2CCCO2)S(C)(=O)=O)cc1. The molecular weight excluding hydrogens is 354 g/mol. The minimum Gasteiger partial charge on any atom is -0.376 e. The molecule has 1 aliphatic rings. The first-order valence-corrected chi connectivity index (χ1v) is 10.9. The molecule has 1 aliphatic heterocycles. The van der Waals surface area contributed by atoms with E-state index >= 15 is 0 Å². The van der Waals surface area contributed by atoms with Gasteiger partial charge >= 0.3 is 0 Å². The number of hydrogen-bond donors (Lipinski definition) is 1. The van der Waals surface area contributed by atoms with Gasteiger partial charge in [0.15, 0.2) is 0 Å². The fourth-order valence-corrected chi connectivity index (χ4v) is 3.89. The van der Waals surface area contributed by atoms with Crippen molar-refractivity contribution in [2.75, 3.05) is 48.2 Å². The molecule has 1 saturated heterocycles.